The molecule has 0 spiro atoms. The average Bonchev–Trinajstić information content (AvgIpc) is 2.99. The molecule has 0 unspecified atom stereocenters. The van der Waals surface area contributed by atoms with Crippen molar-refractivity contribution in [2.75, 3.05) is 11.4 Å². The fourth-order valence-electron chi connectivity index (χ4n) is 2.78. The molecule has 0 saturated carbocycles. The number of thiocarbonyl (C=S) groups is 1. The minimum absolute atomic E-state index is 0.111. The monoisotopic (exact) mass is 361 g/mol. The molecule has 0 aliphatic carbocycles. The highest BCUT2D eigenvalue weighted by atomic mass is 32.2. The first-order valence-electron chi connectivity index (χ1n) is 7.30. The number of anilines is 1. The van der Waals surface area contributed by atoms with Crippen LogP contribution in [0.25, 0.3) is 5.57 Å². The Kier molecular flexibility index (Phi) is 4.18. The van der Waals surface area contributed by atoms with Crippen molar-refractivity contribution in [1.82, 2.24) is 4.90 Å². The van der Waals surface area contributed by atoms with E-state index in [4.69, 9.17) is 12.2 Å². The molecular formula is C16H13N2O4S2-. The Labute approximate surface area is 148 Å². The maximum Gasteiger partial charge on any atom is 0.267 e. The first-order chi connectivity index (χ1) is 11.4. The number of likely N-dealkylation sites (N-methyl/N-ethyl adjacent to an activating group) is 1. The lowest BCUT2D eigenvalue weighted by Gasteiger charge is -2.23. The summed E-state index contributed by atoms with van der Waals surface area (Å²) in [5.74, 6) is -2.25. The number of carbonyl (C=O) groups is 3. The van der Waals surface area contributed by atoms with Gasteiger partial charge in [-0.15, -0.1) is 0 Å². The van der Waals surface area contributed by atoms with E-state index in [0.717, 1.165) is 22.3 Å². The van der Waals surface area contributed by atoms with E-state index in [1.54, 1.807) is 17.0 Å². The van der Waals surface area contributed by atoms with Crippen LogP contribution in [0.4, 0.5) is 5.69 Å². The SMILES string of the molecule is CCN1C(=O)/C(=C2\SC(=S)N([C@@H](C)C(=O)[O-])C2=O)c2ccccc21. The second kappa shape index (κ2) is 6.03. The van der Waals surface area contributed by atoms with Crippen LogP contribution in [0, 0.1) is 0 Å². The van der Waals surface area contributed by atoms with Crippen LogP contribution in [0.1, 0.15) is 19.4 Å². The van der Waals surface area contributed by atoms with Crippen molar-refractivity contribution in [3.63, 3.8) is 0 Å². The van der Waals surface area contributed by atoms with E-state index < -0.39 is 17.9 Å². The van der Waals surface area contributed by atoms with Gasteiger partial charge in [0.1, 0.15) is 4.32 Å². The lowest BCUT2D eigenvalue weighted by Crippen LogP contribution is -2.48. The summed E-state index contributed by atoms with van der Waals surface area (Å²) >= 11 is 6.09. The van der Waals surface area contributed by atoms with Gasteiger partial charge in [-0.3, -0.25) is 14.5 Å². The van der Waals surface area contributed by atoms with Crippen LogP contribution >= 0.6 is 24.0 Å². The van der Waals surface area contributed by atoms with Crippen molar-refractivity contribution in [1.29, 1.82) is 0 Å². The molecule has 1 aromatic carbocycles. The first kappa shape index (κ1) is 16.7. The topological polar surface area (TPSA) is 80.8 Å². The molecule has 6 nitrogen and oxygen atoms in total. The van der Waals surface area contributed by atoms with Gasteiger partial charge in [-0.05, 0) is 19.9 Å². The third-order valence-electron chi connectivity index (χ3n) is 3.99. The smallest absolute Gasteiger partial charge is 0.267 e. The summed E-state index contributed by atoms with van der Waals surface area (Å²) in [4.78, 5) is 39.3. The number of nitrogens with zero attached hydrogens (tertiary/aromatic N) is 2. The predicted octanol–water partition coefficient (Wildman–Crippen LogP) is 0.763. The number of rotatable bonds is 3. The lowest BCUT2D eigenvalue weighted by atomic mass is 10.1. The summed E-state index contributed by atoms with van der Waals surface area (Å²) in [7, 11) is 0. The molecule has 2 heterocycles. The van der Waals surface area contributed by atoms with E-state index in [1.807, 2.05) is 19.1 Å². The third-order valence-corrected chi connectivity index (χ3v) is 5.39. The van der Waals surface area contributed by atoms with Crippen LogP contribution in [-0.2, 0) is 14.4 Å². The molecule has 0 N–H and O–H groups in total. The number of amides is 2. The fraction of sp³-hybridized carbons (Fsp3) is 0.250. The van der Waals surface area contributed by atoms with Crippen LogP contribution < -0.4 is 10.0 Å². The number of carbonyl (C=O) groups excluding carboxylic acids is 3. The fourth-order valence-corrected chi connectivity index (χ4v) is 4.27. The lowest BCUT2D eigenvalue weighted by molar-refractivity contribution is -0.309. The Morgan fingerprint density at radius 2 is 1.96 bits per heavy atom. The van der Waals surface area contributed by atoms with Crippen molar-refractivity contribution in [2.45, 2.75) is 19.9 Å². The number of hydrogen-bond acceptors (Lipinski definition) is 6. The standard InChI is InChI=1S/C16H14N2O4S2/c1-3-17-10-7-5-4-6-9(10)11(13(17)19)12-14(20)18(16(23)24-12)8(2)15(21)22/h4-8H,3H2,1-2H3,(H,21,22)/p-1/b12-11-/t8-/m0/s1. The molecule has 0 bridgehead atoms. The van der Waals surface area contributed by atoms with Gasteiger partial charge in [0.2, 0.25) is 0 Å². The quantitative estimate of drug-likeness (QED) is 0.584. The van der Waals surface area contributed by atoms with E-state index in [1.165, 1.54) is 6.92 Å². The highest BCUT2D eigenvalue weighted by molar-refractivity contribution is 8.26. The average molecular weight is 361 g/mol. The number of aliphatic carboxylic acids is 1. The summed E-state index contributed by atoms with van der Waals surface area (Å²) < 4.78 is 0.111. The van der Waals surface area contributed by atoms with E-state index in [2.05, 4.69) is 0 Å². The van der Waals surface area contributed by atoms with Crippen LogP contribution in [0.3, 0.4) is 0 Å². The molecule has 124 valence electrons. The molecule has 1 atom stereocenters. The van der Waals surface area contributed by atoms with Crippen molar-refractivity contribution in [2.24, 2.45) is 0 Å². The summed E-state index contributed by atoms with van der Waals surface area (Å²) in [5, 5.41) is 11.1. The maximum absolute atomic E-state index is 12.8. The first-order valence-corrected chi connectivity index (χ1v) is 8.52. The normalized spacial score (nSPS) is 21.5. The van der Waals surface area contributed by atoms with Gasteiger partial charge in [0, 0.05) is 12.1 Å². The van der Waals surface area contributed by atoms with Gasteiger partial charge in [-0.1, -0.05) is 42.2 Å². The van der Waals surface area contributed by atoms with Gasteiger partial charge >= 0.3 is 0 Å². The minimum Gasteiger partial charge on any atom is -0.548 e. The zero-order valence-corrected chi connectivity index (χ0v) is 14.6. The van der Waals surface area contributed by atoms with Gasteiger partial charge in [-0.2, -0.15) is 0 Å². The third kappa shape index (κ3) is 2.33. The largest absolute Gasteiger partial charge is 0.548 e. The highest BCUT2D eigenvalue weighted by Crippen LogP contribution is 2.44. The molecule has 1 aromatic rings. The Morgan fingerprint density at radius 3 is 2.58 bits per heavy atom. The summed E-state index contributed by atoms with van der Waals surface area (Å²) in [6.07, 6.45) is 0. The summed E-state index contributed by atoms with van der Waals surface area (Å²) in [6, 6.07) is 6.00. The second-order valence-corrected chi connectivity index (χ2v) is 6.95. The number of benzene rings is 1. The molecule has 24 heavy (non-hydrogen) atoms. The highest BCUT2D eigenvalue weighted by Gasteiger charge is 2.43. The van der Waals surface area contributed by atoms with E-state index in [0.29, 0.717) is 12.1 Å². The Bertz CT molecular complexity index is 818. The van der Waals surface area contributed by atoms with Gasteiger partial charge in [0.05, 0.1) is 28.2 Å². The van der Waals surface area contributed by atoms with Gasteiger partial charge in [0.15, 0.2) is 0 Å². The van der Waals surface area contributed by atoms with Crippen LogP contribution in [0.15, 0.2) is 29.2 Å². The molecule has 1 fully saturated rings. The van der Waals surface area contributed by atoms with Crippen molar-refractivity contribution >= 4 is 57.3 Å². The number of carboxylic acid groups (broad SMARTS) is 1. The van der Waals surface area contributed by atoms with Crippen molar-refractivity contribution in [3.05, 3.63) is 34.7 Å². The molecule has 0 aromatic heterocycles. The maximum atomic E-state index is 12.8. The van der Waals surface area contributed by atoms with Crippen LogP contribution in [0.2, 0.25) is 0 Å². The summed E-state index contributed by atoms with van der Waals surface area (Å²) in [6.45, 7) is 3.65. The van der Waals surface area contributed by atoms with Crippen molar-refractivity contribution in [3.8, 4) is 0 Å². The molecule has 3 rings (SSSR count). The molecular weight excluding hydrogens is 348 g/mol. The van der Waals surface area contributed by atoms with Crippen LogP contribution in [-0.4, -0.2) is 39.6 Å². The molecule has 2 amide bonds. The van der Waals surface area contributed by atoms with Crippen molar-refractivity contribution < 1.29 is 19.5 Å². The zero-order valence-electron chi connectivity index (χ0n) is 12.9. The number of carboxylic acids is 1. The number of thioether (sulfide) groups is 1. The van der Waals surface area contributed by atoms with Crippen LogP contribution in [0.5, 0.6) is 0 Å². The van der Waals surface area contributed by atoms with Gasteiger partial charge < -0.3 is 14.8 Å². The molecule has 2 aliphatic rings. The number of fused-ring (bicyclic) bond motifs is 1. The second-order valence-electron chi connectivity index (χ2n) is 5.31. The minimum atomic E-state index is -1.40. The number of hydrogen-bond donors (Lipinski definition) is 0. The van der Waals surface area contributed by atoms with Gasteiger partial charge in [0.25, 0.3) is 11.8 Å². The number of para-hydroxylation sites is 1. The van der Waals surface area contributed by atoms with E-state index in [9.17, 15) is 19.5 Å². The molecule has 1 saturated heterocycles. The zero-order chi connectivity index (χ0) is 17.6. The van der Waals surface area contributed by atoms with E-state index in [-0.39, 0.29) is 20.7 Å². The summed E-state index contributed by atoms with van der Waals surface area (Å²) in [5.41, 5.74) is 1.67. The predicted molar refractivity (Wildman–Crippen MR) is 92.9 cm³/mol. The molecule has 0 radical (unpaired) electrons. The molecule has 8 heteroatoms. The Hall–Kier alpha value is -2.19. The van der Waals surface area contributed by atoms with E-state index >= 15 is 0 Å². The Balaban J connectivity index is 2.14. The molecule has 2 aliphatic heterocycles. The van der Waals surface area contributed by atoms with Gasteiger partial charge in [-0.25, -0.2) is 0 Å². The Morgan fingerprint density at radius 1 is 1.29 bits per heavy atom.